The van der Waals surface area contributed by atoms with Crippen molar-refractivity contribution in [2.45, 2.75) is 38.9 Å². The van der Waals surface area contributed by atoms with Crippen molar-refractivity contribution in [2.75, 3.05) is 19.0 Å². The molecular formula is C19H23N3O4S. The number of nitrogens with one attached hydrogen (secondary N) is 1. The number of methoxy groups -OCH3 is 1. The highest BCUT2D eigenvalue weighted by atomic mass is 32.1. The van der Waals surface area contributed by atoms with E-state index in [0.29, 0.717) is 16.6 Å². The molecule has 1 aliphatic heterocycles. The maximum atomic E-state index is 12.1. The summed E-state index contributed by atoms with van der Waals surface area (Å²) in [7, 11) is 1.59. The molecule has 0 bridgehead atoms. The van der Waals surface area contributed by atoms with Crippen LogP contribution in [-0.2, 0) is 9.53 Å². The summed E-state index contributed by atoms with van der Waals surface area (Å²) < 4.78 is 16.6. The molecule has 0 radical (unpaired) electrons. The topological polar surface area (TPSA) is 82.6 Å². The number of rotatable bonds is 7. The van der Waals surface area contributed by atoms with Crippen molar-refractivity contribution in [3.05, 3.63) is 34.8 Å². The summed E-state index contributed by atoms with van der Waals surface area (Å²) in [5.74, 6) is 1.02. The number of ether oxygens (including phenoxy) is 3. The minimum atomic E-state index is -0.272. The van der Waals surface area contributed by atoms with Gasteiger partial charge in [-0.15, -0.1) is 10.2 Å². The van der Waals surface area contributed by atoms with Gasteiger partial charge in [0.1, 0.15) is 11.1 Å². The number of amides is 1. The fraction of sp³-hybridized carbons (Fsp3) is 0.421. The van der Waals surface area contributed by atoms with Crippen LogP contribution in [0.2, 0.25) is 0 Å². The summed E-state index contributed by atoms with van der Waals surface area (Å²) in [5, 5.41) is 12.1. The first-order valence-corrected chi connectivity index (χ1v) is 9.65. The van der Waals surface area contributed by atoms with E-state index in [-0.39, 0.29) is 18.1 Å². The molecular weight excluding hydrogens is 366 g/mol. The number of carbonyl (C=O) groups excluding carboxylic acids is 1. The van der Waals surface area contributed by atoms with Gasteiger partial charge in [0.25, 0.3) is 0 Å². The Morgan fingerprint density at radius 3 is 2.93 bits per heavy atom. The molecule has 1 aromatic carbocycles. The lowest BCUT2D eigenvalue weighted by Crippen LogP contribution is -2.07. The van der Waals surface area contributed by atoms with Crippen LogP contribution in [0.5, 0.6) is 11.5 Å². The Kier molecular flexibility index (Phi) is 6.41. The second-order valence-electron chi connectivity index (χ2n) is 6.35. The smallest absolute Gasteiger partial charge is 0.250 e. The molecule has 0 aliphatic carbocycles. The van der Waals surface area contributed by atoms with Gasteiger partial charge in [-0.25, -0.2) is 0 Å². The van der Waals surface area contributed by atoms with Gasteiger partial charge in [-0.3, -0.25) is 10.1 Å². The standard InChI is InChI=1S/C19H23N3O4S/c1-12(2)26-14-8-6-13(11-16(14)24-3)7-9-17(23)20-19-22-21-18(27-19)15-5-4-10-25-15/h6-9,11-12,15H,4-5,10H2,1-3H3,(H,20,22,23). The molecule has 7 nitrogen and oxygen atoms in total. The van der Waals surface area contributed by atoms with Crippen molar-refractivity contribution in [1.82, 2.24) is 10.2 Å². The Morgan fingerprint density at radius 2 is 2.22 bits per heavy atom. The molecule has 144 valence electrons. The molecule has 2 heterocycles. The highest BCUT2D eigenvalue weighted by molar-refractivity contribution is 7.15. The van der Waals surface area contributed by atoms with Gasteiger partial charge in [0.15, 0.2) is 11.5 Å². The summed E-state index contributed by atoms with van der Waals surface area (Å²) in [6.45, 7) is 4.66. The van der Waals surface area contributed by atoms with E-state index in [1.807, 2.05) is 32.0 Å². The summed E-state index contributed by atoms with van der Waals surface area (Å²) in [6, 6.07) is 5.52. The average Bonchev–Trinajstić information content (AvgIpc) is 3.32. The Hall–Kier alpha value is -2.45. The van der Waals surface area contributed by atoms with Gasteiger partial charge < -0.3 is 14.2 Å². The zero-order chi connectivity index (χ0) is 19.2. The lowest BCUT2D eigenvalue weighted by atomic mass is 10.2. The Labute approximate surface area is 162 Å². The molecule has 1 N–H and O–H groups in total. The molecule has 1 amide bonds. The Balaban J connectivity index is 1.61. The SMILES string of the molecule is COc1cc(C=CC(=O)Nc2nnc(C3CCCO3)s2)ccc1OC(C)C. The third kappa shape index (κ3) is 5.27. The van der Waals surface area contributed by atoms with E-state index in [4.69, 9.17) is 14.2 Å². The fourth-order valence-electron chi connectivity index (χ4n) is 2.65. The fourth-order valence-corrected chi connectivity index (χ4v) is 3.48. The molecule has 3 rings (SSSR count). The second-order valence-corrected chi connectivity index (χ2v) is 7.36. The van der Waals surface area contributed by atoms with Crippen LogP contribution < -0.4 is 14.8 Å². The highest BCUT2D eigenvalue weighted by Crippen LogP contribution is 2.32. The Morgan fingerprint density at radius 1 is 1.37 bits per heavy atom. The second kappa shape index (κ2) is 8.96. The molecule has 1 aliphatic rings. The molecule has 0 saturated carbocycles. The summed E-state index contributed by atoms with van der Waals surface area (Å²) in [5.41, 5.74) is 0.829. The minimum absolute atomic E-state index is 0.00253. The van der Waals surface area contributed by atoms with Crippen molar-refractivity contribution < 1.29 is 19.0 Å². The largest absolute Gasteiger partial charge is 0.493 e. The average molecular weight is 389 g/mol. The summed E-state index contributed by atoms with van der Waals surface area (Å²) >= 11 is 1.34. The Bertz CT molecular complexity index is 813. The monoisotopic (exact) mass is 389 g/mol. The van der Waals surface area contributed by atoms with Crippen LogP contribution in [-0.4, -0.2) is 35.9 Å². The normalized spacial score (nSPS) is 16.8. The van der Waals surface area contributed by atoms with Crippen LogP contribution >= 0.6 is 11.3 Å². The van der Waals surface area contributed by atoms with Gasteiger partial charge in [-0.1, -0.05) is 17.4 Å². The van der Waals surface area contributed by atoms with Gasteiger partial charge in [0.2, 0.25) is 11.0 Å². The number of anilines is 1. The lowest BCUT2D eigenvalue weighted by molar-refractivity contribution is -0.111. The van der Waals surface area contributed by atoms with Gasteiger partial charge in [0, 0.05) is 12.7 Å². The molecule has 1 saturated heterocycles. The van der Waals surface area contributed by atoms with Crippen molar-refractivity contribution in [3.63, 3.8) is 0 Å². The van der Waals surface area contributed by atoms with E-state index in [0.717, 1.165) is 30.0 Å². The van der Waals surface area contributed by atoms with Crippen molar-refractivity contribution in [2.24, 2.45) is 0 Å². The maximum Gasteiger partial charge on any atom is 0.250 e. The van der Waals surface area contributed by atoms with E-state index in [1.165, 1.54) is 17.4 Å². The third-order valence-electron chi connectivity index (χ3n) is 3.85. The van der Waals surface area contributed by atoms with Crippen LogP contribution in [0.15, 0.2) is 24.3 Å². The first-order valence-electron chi connectivity index (χ1n) is 8.84. The zero-order valence-corrected chi connectivity index (χ0v) is 16.4. The quantitative estimate of drug-likeness (QED) is 0.725. The predicted molar refractivity (Wildman–Crippen MR) is 104 cm³/mol. The van der Waals surface area contributed by atoms with E-state index in [2.05, 4.69) is 15.5 Å². The van der Waals surface area contributed by atoms with E-state index in [1.54, 1.807) is 13.2 Å². The number of carbonyl (C=O) groups is 1. The number of hydrogen-bond donors (Lipinski definition) is 1. The maximum absolute atomic E-state index is 12.1. The lowest BCUT2D eigenvalue weighted by Gasteiger charge is -2.13. The number of hydrogen-bond acceptors (Lipinski definition) is 7. The number of benzene rings is 1. The van der Waals surface area contributed by atoms with Crippen molar-refractivity contribution >= 4 is 28.5 Å². The first-order chi connectivity index (χ1) is 13.0. The summed E-state index contributed by atoms with van der Waals surface area (Å²) in [6.07, 6.45) is 5.18. The summed E-state index contributed by atoms with van der Waals surface area (Å²) in [4.78, 5) is 12.1. The third-order valence-corrected chi connectivity index (χ3v) is 4.78. The van der Waals surface area contributed by atoms with Crippen LogP contribution in [0.4, 0.5) is 5.13 Å². The van der Waals surface area contributed by atoms with E-state index >= 15 is 0 Å². The van der Waals surface area contributed by atoms with E-state index < -0.39 is 0 Å². The number of nitrogens with zero attached hydrogens (tertiary/aromatic N) is 2. The molecule has 0 spiro atoms. The van der Waals surface area contributed by atoms with Crippen LogP contribution in [0, 0.1) is 0 Å². The highest BCUT2D eigenvalue weighted by Gasteiger charge is 2.22. The molecule has 2 aromatic rings. The van der Waals surface area contributed by atoms with Crippen LogP contribution in [0.1, 0.15) is 43.4 Å². The van der Waals surface area contributed by atoms with Gasteiger partial charge in [-0.2, -0.15) is 0 Å². The van der Waals surface area contributed by atoms with Gasteiger partial charge >= 0.3 is 0 Å². The molecule has 27 heavy (non-hydrogen) atoms. The molecule has 1 atom stereocenters. The zero-order valence-electron chi connectivity index (χ0n) is 15.6. The molecule has 1 aromatic heterocycles. The molecule has 1 unspecified atom stereocenters. The number of aromatic nitrogens is 2. The van der Waals surface area contributed by atoms with Gasteiger partial charge in [-0.05, 0) is 50.5 Å². The van der Waals surface area contributed by atoms with Gasteiger partial charge in [0.05, 0.1) is 13.2 Å². The minimum Gasteiger partial charge on any atom is -0.493 e. The predicted octanol–water partition coefficient (Wildman–Crippen LogP) is 3.84. The molecule has 1 fully saturated rings. The molecule has 8 heteroatoms. The van der Waals surface area contributed by atoms with Crippen molar-refractivity contribution in [3.8, 4) is 11.5 Å². The van der Waals surface area contributed by atoms with E-state index in [9.17, 15) is 4.79 Å². The van der Waals surface area contributed by atoms with Crippen LogP contribution in [0.25, 0.3) is 6.08 Å². The first kappa shape index (κ1) is 19.3. The van der Waals surface area contributed by atoms with Crippen LogP contribution in [0.3, 0.4) is 0 Å². The van der Waals surface area contributed by atoms with Crippen molar-refractivity contribution in [1.29, 1.82) is 0 Å².